The van der Waals surface area contributed by atoms with E-state index in [-0.39, 0.29) is 25.6 Å². The largest absolute Gasteiger partial charge is 0.444 e. The topological polar surface area (TPSA) is 85.8 Å². The Bertz CT molecular complexity index is 950. The highest BCUT2D eigenvalue weighted by atomic mass is 79.9. The number of nitrogens with zero attached hydrogens (tertiary/aromatic N) is 3. The number of amides is 1. The molecule has 2 aromatic heterocycles. The number of hydrogen-bond donors (Lipinski definition) is 1. The number of rotatable bonds is 2. The third kappa shape index (κ3) is 12.1. The fourth-order valence-corrected chi connectivity index (χ4v) is 4.51. The van der Waals surface area contributed by atoms with Gasteiger partial charge in [0.25, 0.3) is 0 Å². The summed E-state index contributed by atoms with van der Waals surface area (Å²) in [5, 5.41) is 3.44. The summed E-state index contributed by atoms with van der Waals surface area (Å²) in [5.41, 5.74) is 1.61. The molecule has 0 aromatic carbocycles. The highest BCUT2D eigenvalue weighted by Crippen LogP contribution is 2.27. The Morgan fingerprint density at radius 1 is 0.974 bits per heavy atom. The van der Waals surface area contributed by atoms with Gasteiger partial charge in [-0.2, -0.15) is 0 Å². The number of ether oxygens (including phenoxy) is 3. The highest BCUT2D eigenvalue weighted by Gasteiger charge is 2.31. The van der Waals surface area contributed by atoms with Crippen molar-refractivity contribution in [2.45, 2.75) is 72.6 Å². The van der Waals surface area contributed by atoms with Crippen LogP contribution < -0.4 is 5.32 Å². The van der Waals surface area contributed by atoms with Crippen molar-refractivity contribution in [1.29, 1.82) is 0 Å². The van der Waals surface area contributed by atoms with E-state index in [0.717, 1.165) is 47.1 Å². The minimum atomic E-state index is -0.510. The molecule has 4 rings (SSSR count). The van der Waals surface area contributed by atoms with Crippen LogP contribution in [0.25, 0.3) is 0 Å². The molecule has 0 aliphatic carbocycles. The van der Waals surface area contributed by atoms with Crippen molar-refractivity contribution in [3.05, 3.63) is 57.0 Å². The molecule has 10 heteroatoms. The third-order valence-electron chi connectivity index (χ3n) is 5.35. The zero-order valence-corrected chi connectivity index (χ0v) is 25.7. The standard InChI is InChI=1S/C15H21BrN2O3.C10H13BrN2O.C2H6.CH4/c1-15(2,3)21-14(19)18-5-4-6-20-10-13(18)11-7-12(16)9-17-8-11;11-9-4-8(5-12-6-9)10-7-14-3-1-2-13-10;1-2;/h7-9,13H,4-6,10H2,1-3H3;4-6,10,13H,1-3,7H2;1-2H3;1H4. The van der Waals surface area contributed by atoms with Crippen molar-refractivity contribution < 1.29 is 19.0 Å². The van der Waals surface area contributed by atoms with Crippen LogP contribution in [-0.2, 0) is 14.2 Å². The Labute approximate surface area is 245 Å². The predicted octanol–water partition coefficient (Wildman–Crippen LogP) is 7.10. The van der Waals surface area contributed by atoms with Crippen molar-refractivity contribution in [2.75, 3.05) is 39.5 Å². The first-order valence-corrected chi connectivity index (χ1v) is 14.4. The van der Waals surface area contributed by atoms with Crippen LogP contribution >= 0.6 is 31.9 Å². The lowest BCUT2D eigenvalue weighted by Crippen LogP contribution is -2.40. The zero-order chi connectivity index (χ0) is 27.3. The average Bonchev–Trinajstić information content (AvgIpc) is 3.28. The summed E-state index contributed by atoms with van der Waals surface area (Å²) in [4.78, 5) is 22.5. The average molecular weight is 660 g/mol. The molecule has 0 bridgehead atoms. The van der Waals surface area contributed by atoms with E-state index in [1.165, 1.54) is 5.56 Å². The first-order valence-electron chi connectivity index (χ1n) is 12.8. The second-order valence-electron chi connectivity index (χ2n) is 9.43. The summed E-state index contributed by atoms with van der Waals surface area (Å²) in [6, 6.07) is 4.15. The van der Waals surface area contributed by atoms with Crippen molar-refractivity contribution in [3.8, 4) is 0 Å². The van der Waals surface area contributed by atoms with Gasteiger partial charge in [0.05, 0.1) is 25.3 Å². The lowest BCUT2D eigenvalue weighted by molar-refractivity contribution is 0.0118. The Morgan fingerprint density at radius 3 is 2.18 bits per heavy atom. The number of nitrogens with one attached hydrogen (secondary N) is 1. The SMILES string of the molecule is Brc1cncc(C2COCCCN2)c1.C.CC.CC(C)(C)OC(=O)N1CCCOCC1c1cncc(Br)c1. The summed E-state index contributed by atoms with van der Waals surface area (Å²) >= 11 is 6.83. The Hall–Kier alpha value is -1.59. The van der Waals surface area contributed by atoms with Gasteiger partial charge >= 0.3 is 6.09 Å². The van der Waals surface area contributed by atoms with Gasteiger partial charge in [-0.3, -0.25) is 14.9 Å². The van der Waals surface area contributed by atoms with E-state index in [4.69, 9.17) is 14.2 Å². The minimum absolute atomic E-state index is 0. The predicted molar refractivity (Wildman–Crippen MR) is 159 cm³/mol. The molecule has 2 aliphatic rings. The van der Waals surface area contributed by atoms with Gasteiger partial charge in [-0.15, -0.1) is 0 Å². The zero-order valence-electron chi connectivity index (χ0n) is 22.5. The second kappa shape index (κ2) is 17.9. The molecule has 2 saturated heterocycles. The van der Waals surface area contributed by atoms with Crippen LogP contribution in [0.1, 0.15) is 78.1 Å². The molecule has 2 unspecified atom stereocenters. The minimum Gasteiger partial charge on any atom is -0.444 e. The van der Waals surface area contributed by atoms with E-state index in [2.05, 4.69) is 53.2 Å². The molecule has 0 spiro atoms. The molecule has 2 aromatic rings. The normalized spacial score (nSPS) is 19.7. The van der Waals surface area contributed by atoms with Crippen molar-refractivity contribution in [1.82, 2.24) is 20.2 Å². The molecule has 2 aliphatic heterocycles. The smallest absolute Gasteiger partial charge is 0.410 e. The molecule has 1 N–H and O–H groups in total. The lowest BCUT2D eigenvalue weighted by atomic mass is 10.1. The van der Waals surface area contributed by atoms with Crippen LogP contribution in [0.2, 0.25) is 0 Å². The number of hydrogen-bond acceptors (Lipinski definition) is 7. The number of carbonyl (C=O) groups is 1. The fraction of sp³-hybridized carbons (Fsp3) is 0.607. The second-order valence-corrected chi connectivity index (χ2v) is 11.3. The lowest BCUT2D eigenvalue weighted by Gasteiger charge is -2.31. The fourth-order valence-electron chi connectivity index (χ4n) is 3.75. The molecule has 0 radical (unpaired) electrons. The van der Waals surface area contributed by atoms with E-state index < -0.39 is 5.60 Å². The molecule has 214 valence electrons. The number of pyridine rings is 2. The van der Waals surface area contributed by atoms with Crippen molar-refractivity contribution in [3.63, 3.8) is 0 Å². The van der Waals surface area contributed by atoms with Crippen LogP contribution in [-0.4, -0.2) is 66.1 Å². The van der Waals surface area contributed by atoms with Gasteiger partial charge < -0.3 is 19.5 Å². The summed E-state index contributed by atoms with van der Waals surface area (Å²) < 4.78 is 18.5. The van der Waals surface area contributed by atoms with Gasteiger partial charge in [-0.05, 0) is 95.3 Å². The maximum atomic E-state index is 12.5. The van der Waals surface area contributed by atoms with Gasteiger partial charge in [0.1, 0.15) is 5.60 Å². The van der Waals surface area contributed by atoms with E-state index in [1.54, 1.807) is 23.5 Å². The van der Waals surface area contributed by atoms with Crippen LogP contribution in [0.15, 0.2) is 45.9 Å². The first-order chi connectivity index (χ1) is 17.7. The number of halogens is 2. The number of aromatic nitrogens is 2. The molecular weight excluding hydrogens is 616 g/mol. The maximum absolute atomic E-state index is 12.5. The molecular formula is C28H44Br2N4O4. The van der Waals surface area contributed by atoms with Crippen LogP contribution in [0.3, 0.4) is 0 Å². The summed E-state index contributed by atoms with van der Waals surface area (Å²) in [7, 11) is 0. The first kappa shape index (κ1) is 34.4. The maximum Gasteiger partial charge on any atom is 0.410 e. The van der Waals surface area contributed by atoms with Gasteiger partial charge in [0, 0.05) is 53.5 Å². The summed E-state index contributed by atoms with van der Waals surface area (Å²) in [6.45, 7) is 13.9. The van der Waals surface area contributed by atoms with Gasteiger partial charge in [0.2, 0.25) is 0 Å². The van der Waals surface area contributed by atoms with Crippen molar-refractivity contribution >= 4 is 38.0 Å². The summed E-state index contributed by atoms with van der Waals surface area (Å²) in [6.07, 6.45) is 8.74. The molecule has 0 saturated carbocycles. The van der Waals surface area contributed by atoms with Crippen LogP contribution in [0.5, 0.6) is 0 Å². The van der Waals surface area contributed by atoms with Crippen LogP contribution in [0.4, 0.5) is 4.79 Å². The van der Waals surface area contributed by atoms with Gasteiger partial charge in [-0.1, -0.05) is 21.3 Å². The molecule has 38 heavy (non-hydrogen) atoms. The third-order valence-corrected chi connectivity index (χ3v) is 6.21. The molecule has 2 fully saturated rings. The van der Waals surface area contributed by atoms with E-state index >= 15 is 0 Å². The van der Waals surface area contributed by atoms with Crippen LogP contribution in [0, 0.1) is 0 Å². The monoisotopic (exact) mass is 658 g/mol. The highest BCUT2D eigenvalue weighted by molar-refractivity contribution is 9.10. The quantitative estimate of drug-likeness (QED) is 0.368. The molecule has 8 nitrogen and oxygen atoms in total. The molecule has 4 heterocycles. The van der Waals surface area contributed by atoms with Crippen molar-refractivity contribution in [2.24, 2.45) is 0 Å². The van der Waals surface area contributed by atoms with E-state index in [1.807, 2.05) is 46.9 Å². The Morgan fingerprint density at radius 2 is 1.55 bits per heavy atom. The number of carbonyl (C=O) groups excluding carboxylic acids is 1. The van der Waals surface area contributed by atoms with E-state index in [9.17, 15) is 4.79 Å². The molecule has 2 atom stereocenters. The van der Waals surface area contributed by atoms with Gasteiger partial charge in [-0.25, -0.2) is 4.79 Å². The Balaban J connectivity index is 0.000000370. The van der Waals surface area contributed by atoms with E-state index in [0.29, 0.717) is 19.8 Å². The Kier molecular flexibility index (Phi) is 16.2. The molecule has 1 amide bonds. The van der Waals surface area contributed by atoms with Gasteiger partial charge in [0.15, 0.2) is 0 Å². The summed E-state index contributed by atoms with van der Waals surface area (Å²) in [5.74, 6) is 0.